The van der Waals surface area contributed by atoms with E-state index >= 15 is 0 Å². The van der Waals surface area contributed by atoms with Crippen LogP contribution in [0.1, 0.15) is 22.8 Å². The molecule has 3 aromatic carbocycles. The number of halogens is 2. The maximum atomic E-state index is 14.1. The number of carbonyl (C=O) groups is 1. The van der Waals surface area contributed by atoms with Crippen LogP contribution in [0.15, 0.2) is 83.9 Å². The van der Waals surface area contributed by atoms with Crippen molar-refractivity contribution in [1.29, 1.82) is 0 Å². The highest BCUT2D eigenvalue weighted by molar-refractivity contribution is 7.93. The van der Waals surface area contributed by atoms with E-state index in [1.54, 1.807) is 54.7 Å². The van der Waals surface area contributed by atoms with E-state index in [-0.39, 0.29) is 22.7 Å². The van der Waals surface area contributed by atoms with Crippen LogP contribution < -0.4 is 4.72 Å². The smallest absolute Gasteiger partial charge is 0.264 e. The minimum absolute atomic E-state index is 0.0293. The van der Waals surface area contributed by atoms with Crippen LogP contribution in [-0.4, -0.2) is 61.3 Å². The normalized spacial score (nSPS) is 16.4. The molecule has 10 heteroatoms. The Labute approximate surface area is 232 Å². The lowest BCUT2D eigenvalue weighted by molar-refractivity contribution is 0.0491. The summed E-state index contributed by atoms with van der Waals surface area (Å²) >= 11 is 5.84. The van der Waals surface area contributed by atoms with Crippen LogP contribution in [0.3, 0.4) is 0 Å². The van der Waals surface area contributed by atoms with E-state index in [2.05, 4.69) is 14.6 Å². The average molecular weight is 567 g/mol. The number of pyridine rings is 1. The minimum Gasteiger partial charge on any atom is -0.333 e. The van der Waals surface area contributed by atoms with E-state index in [4.69, 9.17) is 11.6 Å². The fraction of sp³-hybridized carbons (Fsp3) is 0.241. The SMILES string of the molecule is C[C@@H]1CN(CCc2ccc(Cl)cc2F)CCN1C(=O)c1ccc(NS(=O)(=O)c2cccc3cccnc23)cc1. The molecule has 0 bridgehead atoms. The topological polar surface area (TPSA) is 82.6 Å². The number of hydrogen-bond acceptors (Lipinski definition) is 5. The van der Waals surface area contributed by atoms with E-state index < -0.39 is 10.0 Å². The molecule has 0 spiro atoms. The number of anilines is 1. The van der Waals surface area contributed by atoms with Gasteiger partial charge in [-0.05, 0) is 67.4 Å². The summed E-state index contributed by atoms with van der Waals surface area (Å²) in [5.74, 6) is -0.414. The number of fused-ring (bicyclic) bond motifs is 1. The Morgan fingerprint density at radius 1 is 1.08 bits per heavy atom. The summed E-state index contributed by atoms with van der Waals surface area (Å²) in [5, 5.41) is 1.11. The number of para-hydroxylation sites is 1. The number of hydrogen-bond donors (Lipinski definition) is 1. The third kappa shape index (κ3) is 6.06. The Kier molecular flexibility index (Phi) is 7.83. The van der Waals surface area contributed by atoms with Gasteiger partial charge in [-0.2, -0.15) is 0 Å². The highest BCUT2D eigenvalue weighted by atomic mass is 35.5. The van der Waals surface area contributed by atoms with Gasteiger partial charge in [0.25, 0.3) is 15.9 Å². The van der Waals surface area contributed by atoms with Gasteiger partial charge in [0, 0.05) is 60.1 Å². The number of nitrogens with zero attached hydrogens (tertiary/aromatic N) is 3. The van der Waals surface area contributed by atoms with Crippen molar-refractivity contribution in [1.82, 2.24) is 14.8 Å². The second-order valence-electron chi connectivity index (χ2n) is 9.65. The highest BCUT2D eigenvalue weighted by Crippen LogP contribution is 2.24. The molecular formula is C29H28ClFN4O3S. The maximum absolute atomic E-state index is 14.1. The zero-order valence-electron chi connectivity index (χ0n) is 21.3. The summed E-state index contributed by atoms with van der Waals surface area (Å²) in [6.45, 7) is 4.59. The molecule has 202 valence electrons. The molecule has 1 aromatic heterocycles. The summed E-state index contributed by atoms with van der Waals surface area (Å²) in [6.07, 6.45) is 2.12. The molecule has 0 saturated carbocycles. The van der Waals surface area contributed by atoms with Crippen molar-refractivity contribution in [2.45, 2.75) is 24.3 Å². The molecule has 1 atom stereocenters. The first kappa shape index (κ1) is 27.1. The van der Waals surface area contributed by atoms with Crippen molar-refractivity contribution in [3.8, 4) is 0 Å². The molecule has 7 nitrogen and oxygen atoms in total. The predicted octanol–water partition coefficient (Wildman–Crippen LogP) is 5.22. The molecule has 5 rings (SSSR count). The molecule has 0 unspecified atom stereocenters. The van der Waals surface area contributed by atoms with Crippen LogP contribution in [0.25, 0.3) is 10.9 Å². The molecule has 1 fully saturated rings. The van der Waals surface area contributed by atoms with E-state index in [0.29, 0.717) is 60.0 Å². The lowest BCUT2D eigenvalue weighted by Crippen LogP contribution is -2.54. The van der Waals surface area contributed by atoms with Crippen molar-refractivity contribution in [3.63, 3.8) is 0 Å². The van der Waals surface area contributed by atoms with Crippen molar-refractivity contribution in [3.05, 3.63) is 101 Å². The summed E-state index contributed by atoms with van der Waals surface area (Å²) in [7, 11) is -3.88. The van der Waals surface area contributed by atoms with Gasteiger partial charge in [0.15, 0.2) is 0 Å². The van der Waals surface area contributed by atoms with E-state index in [1.165, 1.54) is 12.1 Å². The van der Waals surface area contributed by atoms with Crippen LogP contribution in [0.2, 0.25) is 5.02 Å². The van der Waals surface area contributed by atoms with Gasteiger partial charge in [-0.3, -0.25) is 19.4 Å². The van der Waals surface area contributed by atoms with E-state index in [1.807, 2.05) is 24.0 Å². The van der Waals surface area contributed by atoms with E-state index in [0.717, 1.165) is 5.39 Å². The first-order valence-electron chi connectivity index (χ1n) is 12.7. The fourth-order valence-corrected chi connectivity index (χ4v) is 6.29. The lowest BCUT2D eigenvalue weighted by Gasteiger charge is -2.40. The van der Waals surface area contributed by atoms with Gasteiger partial charge in [-0.1, -0.05) is 35.9 Å². The quantitative estimate of drug-likeness (QED) is 0.332. The molecular weight excluding hydrogens is 539 g/mol. The van der Waals surface area contributed by atoms with Crippen molar-refractivity contribution in [2.24, 2.45) is 0 Å². The van der Waals surface area contributed by atoms with Crippen molar-refractivity contribution >= 4 is 44.1 Å². The summed E-state index contributed by atoms with van der Waals surface area (Å²) < 4.78 is 42.8. The van der Waals surface area contributed by atoms with E-state index in [9.17, 15) is 17.6 Å². The Bertz CT molecular complexity index is 1610. The molecule has 0 radical (unpaired) electrons. The zero-order chi connectivity index (χ0) is 27.6. The van der Waals surface area contributed by atoms with Gasteiger partial charge in [0.05, 0.1) is 5.52 Å². The number of nitrogens with one attached hydrogen (secondary N) is 1. The van der Waals surface area contributed by atoms with Crippen LogP contribution in [0.5, 0.6) is 0 Å². The fourth-order valence-electron chi connectivity index (χ4n) is 4.89. The summed E-state index contributed by atoms with van der Waals surface area (Å²) in [6, 6.07) is 19.7. The molecule has 1 amide bonds. The number of carbonyl (C=O) groups excluding carboxylic acids is 1. The Morgan fingerprint density at radius 3 is 2.59 bits per heavy atom. The number of piperazine rings is 1. The number of aromatic nitrogens is 1. The summed E-state index contributed by atoms with van der Waals surface area (Å²) in [4.78, 5) is 21.6. The zero-order valence-corrected chi connectivity index (χ0v) is 22.9. The van der Waals surface area contributed by atoms with Gasteiger partial charge in [-0.15, -0.1) is 0 Å². The number of benzene rings is 3. The number of amides is 1. The maximum Gasteiger partial charge on any atom is 0.264 e. The first-order valence-corrected chi connectivity index (χ1v) is 14.5. The van der Waals surface area contributed by atoms with Gasteiger partial charge in [0.2, 0.25) is 0 Å². The van der Waals surface area contributed by atoms with Gasteiger partial charge >= 0.3 is 0 Å². The third-order valence-electron chi connectivity index (χ3n) is 6.95. The lowest BCUT2D eigenvalue weighted by atomic mass is 10.1. The standard InChI is InChI=1S/C29H28ClFN4O3S/c1-20-19-34(15-13-21-7-10-24(30)18-26(21)31)16-17-35(20)29(36)23-8-11-25(12-9-23)33-39(37,38)27-6-2-4-22-5-3-14-32-28(22)27/h2-12,14,18,20,33H,13,15-17,19H2,1H3/t20-/m1/s1. The van der Waals surface area contributed by atoms with Crippen molar-refractivity contribution < 1.29 is 17.6 Å². The molecule has 1 N–H and O–H groups in total. The summed E-state index contributed by atoms with van der Waals surface area (Å²) in [5.41, 5.74) is 1.85. The Balaban J connectivity index is 1.20. The Morgan fingerprint density at radius 2 is 1.85 bits per heavy atom. The van der Waals surface area contributed by atoms with Crippen LogP contribution in [0, 0.1) is 5.82 Å². The molecule has 1 aliphatic rings. The molecule has 4 aromatic rings. The second-order valence-corrected chi connectivity index (χ2v) is 11.7. The van der Waals surface area contributed by atoms with Crippen molar-refractivity contribution in [2.75, 3.05) is 30.9 Å². The molecule has 39 heavy (non-hydrogen) atoms. The highest BCUT2D eigenvalue weighted by Gasteiger charge is 2.28. The third-order valence-corrected chi connectivity index (χ3v) is 8.60. The first-order chi connectivity index (χ1) is 18.7. The average Bonchev–Trinajstić information content (AvgIpc) is 2.92. The minimum atomic E-state index is -3.88. The monoisotopic (exact) mass is 566 g/mol. The van der Waals surface area contributed by atoms with Gasteiger partial charge < -0.3 is 4.90 Å². The largest absolute Gasteiger partial charge is 0.333 e. The molecule has 1 aliphatic heterocycles. The van der Waals surface area contributed by atoms with Gasteiger partial charge in [-0.25, -0.2) is 12.8 Å². The number of sulfonamides is 1. The van der Waals surface area contributed by atoms with Crippen LogP contribution in [-0.2, 0) is 16.4 Å². The molecule has 0 aliphatic carbocycles. The van der Waals surface area contributed by atoms with Gasteiger partial charge in [0.1, 0.15) is 10.7 Å². The molecule has 1 saturated heterocycles. The molecule has 2 heterocycles. The second kappa shape index (κ2) is 11.3. The van der Waals surface area contributed by atoms with Crippen LogP contribution >= 0.6 is 11.6 Å². The Hall–Kier alpha value is -3.53. The van der Waals surface area contributed by atoms with Crippen LogP contribution in [0.4, 0.5) is 10.1 Å². The predicted molar refractivity (Wildman–Crippen MR) is 151 cm³/mol. The number of rotatable bonds is 7.